The fraction of sp³-hybridized carbons (Fsp3) is 0.500. The molecule has 116 valence electrons. The highest BCUT2D eigenvalue weighted by atomic mass is 35.5. The van der Waals surface area contributed by atoms with Gasteiger partial charge >= 0.3 is 0 Å². The highest BCUT2D eigenvalue weighted by Gasteiger charge is 2.26. The summed E-state index contributed by atoms with van der Waals surface area (Å²) in [6.45, 7) is 5.31. The molecular formula is C14H19ClN2O3S. The Kier molecular flexibility index (Phi) is 5.76. The standard InChI is InChI=1S/C14H19ClN2O3S/c1-10(2)7-14(3,18)9-17-21(19,20)13-6-12(15)5-4-11(13)8-16/h4-6,10,17-18H,7,9H2,1-3H3. The third-order valence-corrected chi connectivity index (χ3v) is 4.52. The molecule has 1 aromatic carbocycles. The van der Waals surface area contributed by atoms with Gasteiger partial charge in [-0.3, -0.25) is 0 Å². The number of benzene rings is 1. The highest BCUT2D eigenvalue weighted by molar-refractivity contribution is 7.89. The van der Waals surface area contributed by atoms with Crippen molar-refractivity contribution in [1.29, 1.82) is 5.26 Å². The molecule has 0 aliphatic rings. The zero-order valence-electron chi connectivity index (χ0n) is 12.2. The second-order valence-electron chi connectivity index (χ2n) is 5.67. The maximum absolute atomic E-state index is 12.3. The van der Waals surface area contributed by atoms with Crippen molar-refractivity contribution in [2.45, 2.75) is 37.7 Å². The Labute approximate surface area is 130 Å². The topological polar surface area (TPSA) is 90.2 Å². The van der Waals surface area contributed by atoms with Gasteiger partial charge < -0.3 is 5.11 Å². The third-order valence-electron chi connectivity index (χ3n) is 2.84. The van der Waals surface area contributed by atoms with Crippen molar-refractivity contribution in [3.05, 3.63) is 28.8 Å². The van der Waals surface area contributed by atoms with Gasteiger partial charge in [0.2, 0.25) is 10.0 Å². The summed E-state index contributed by atoms with van der Waals surface area (Å²) < 4.78 is 26.9. The van der Waals surface area contributed by atoms with Crippen LogP contribution in [0.4, 0.5) is 0 Å². The summed E-state index contributed by atoms with van der Waals surface area (Å²) >= 11 is 5.79. The van der Waals surface area contributed by atoms with E-state index in [0.29, 0.717) is 6.42 Å². The predicted octanol–water partition coefficient (Wildman–Crippen LogP) is 2.29. The quantitative estimate of drug-likeness (QED) is 0.837. The lowest BCUT2D eigenvalue weighted by Gasteiger charge is -2.25. The number of nitrogens with zero attached hydrogens (tertiary/aromatic N) is 1. The van der Waals surface area contributed by atoms with Crippen LogP contribution >= 0.6 is 11.6 Å². The first-order valence-corrected chi connectivity index (χ1v) is 8.35. The first-order valence-electron chi connectivity index (χ1n) is 6.49. The van der Waals surface area contributed by atoms with Gasteiger partial charge in [0, 0.05) is 11.6 Å². The summed E-state index contributed by atoms with van der Waals surface area (Å²) in [5, 5.41) is 19.4. The average Bonchev–Trinajstić information content (AvgIpc) is 2.35. The molecule has 1 rings (SSSR count). The highest BCUT2D eigenvalue weighted by Crippen LogP contribution is 2.21. The smallest absolute Gasteiger partial charge is 0.242 e. The molecule has 1 aromatic rings. The third kappa shape index (κ3) is 5.29. The molecule has 0 spiro atoms. The molecular weight excluding hydrogens is 312 g/mol. The average molecular weight is 331 g/mol. The lowest BCUT2D eigenvalue weighted by molar-refractivity contribution is 0.0437. The number of hydrogen-bond acceptors (Lipinski definition) is 4. The van der Waals surface area contributed by atoms with E-state index in [1.165, 1.54) is 18.2 Å². The second kappa shape index (κ2) is 6.75. The van der Waals surface area contributed by atoms with E-state index in [-0.39, 0.29) is 27.9 Å². The lowest BCUT2D eigenvalue weighted by Crippen LogP contribution is -2.41. The van der Waals surface area contributed by atoms with Crippen molar-refractivity contribution in [2.75, 3.05) is 6.54 Å². The van der Waals surface area contributed by atoms with E-state index < -0.39 is 15.6 Å². The molecule has 0 aromatic heterocycles. The summed E-state index contributed by atoms with van der Waals surface area (Å²) in [5.74, 6) is 0.227. The van der Waals surface area contributed by atoms with Crippen LogP contribution in [-0.2, 0) is 10.0 Å². The van der Waals surface area contributed by atoms with Gasteiger partial charge in [-0.15, -0.1) is 0 Å². The monoisotopic (exact) mass is 330 g/mol. The van der Waals surface area contributed by atoms with Gasteiger partial charge in [-0.05, 0) is 37.5 Å². The summed E-state index contributed by atoms with van der Waals surface area (Å²) in [7, 11) is -3.91. The SMILES string of the molecule is CC(C)CC(C)(O)CNS(=O)(=O)c1cc(Cl)ccc1C#N. The predicted molar refractivity (Wildman–Crippen MR) is 81.4 cm³/mol. The molecule has 7 heteroatoms. The number of sulfonamides is 1. The first-order chi connectivity index (χ1) is 9.57. The number of hydrogen-bond donors (Lipinski definition) is 2. The summed E-state index contributed by atoms with van der Waals surface area (Å²) in [4.78, 5) is -0.183. The zero-order chi connectivity index (χ0) is 16.3. The molecule has 0 aliphatic heterocycles. The lowest BCUT2D eigenvalue weighted by atomic mass is 9.95. The van der Waals surface area contributed by atoms with Crippen LogP contribution in [0.25, 0.3) is 0 Å². The molecule has 1 atom stereocenters. The van der Waals surface area contributed by atoms with Crippen LogP contribution in [0.2, 0.25) is 5.02 Å². The molecule has 1 unspecified atom stereocenters. The van der Waals surface area contributed by atoms with Gasteiger partial charge in [-0.2, -0.15) is 5.26 Å². The van der Waals surface area contributed by atoms with E-state index in [0.717, 1.165) is 0 Å². The molecule has 0 aliphatic carbocycles. The van der Waals surface area contributed by atoms with E-state index >= 15 is 0 Å². The summed E-state index contributed by atoms with van der Waals surface area (Å²) in [5.41, 5.74) is -1.15. The van der Waals surface area contributed by atoms with Crippen LogP contribution in [-0.4, -0.2) is 25.7 Å². The Morgan fingerprint density at radius 1 is 1.48 bits per heavy atom. The van der Waals surface area contributed by atoms with Gasteiger partial charge in [0.25, 0.3) is 0 Å². The van der Waals surface area contributed by atoms with Gasteiger partial charge in [-0.1, -0.05) is 25.4 Å². The van der Waals surface area contributed by atoms with Gasteiger partial charge in [0.1, 0.15) is 11.0 Å². The number of halogens is 1. The Hall–Kier alpha value is -1.13. The first kappa shape index (κ1) is 17.9. The van der Waals surface area contributed by atoms with E-state index in [4.69, 9.17) is 16.9 Å². The molecule has 0 fully saturated rings. The number of nitrogens with one attached hydrogen (secondary N) is 1. The van der Waals surface area contributed by atoms with Gasteiger partial charge in [-0.25, -0.2) is 13.1 Å². The van der Waals surface area contributed by atoms with Crippen molar-refractivity contribution in [3.63, 3.8) is 0 Å². The van der Waals surface area contributed by atoms with Crippen molar-refractivity contribution >= 4 is 21.6 Å². The van der Waals surface area contributed by atoms with Crippen LogP contribution in [0.15, 0.2) is 23.1 Å². The van der Waals surface area contributed by atoms with Crippen molar-refractivity contribution < 1.29 is 13.5 Å². The maximum Gasteiger partial charge on any atom is 0.242 e. The minimum atomic E-state index is -3.91. The molecule has 0 amide bonds. The molecule has 0 heterocycles. The molecule has 0 bridgehead atoms. The Morgan fingerprint density at radius 2 is 2.10 bits per heavy atom. The van der Waals surface area contributed by atoms with E-state index in [1.807, 2.05) is 19.9 Å². The maximum atomic E-state index is 12.3. The van der Waals surface area contributed by atoms with Crippen molar-refractivity contribution in [1.82, 2.24) is 4.72 Å². The molecule has 2 N–H and O–H groups in total. The molecule has 0 saturated carbocycles. The van der Waals surface area contributed by atoms with Crippen LogP contribution < -0.4 is 4.72 Å². The minimum Gasteiger partial charge on any atom is -0.389 e. The Bertz CT molecular complexity index is 649. The van der Waals surface area contributed by atoms with Crippen LogP contribution in [0, 0.1) is 17.2 Å². The fourth-order valence-electron chi connectivity index (χ4n) is 2.09. The number of nitriles is 1. The summed E-state index contributed by atoms with van der Waals surface area (Å²) in [6, 6.07) is 5.84. The van der Waals surface area contributed by atoms with Crippen LogP contribution in [0.3, 0.4) is 0 Å². The molecule has 0 saturated heterocycles. The van der Waals surface area contributed by atoms with Crippen LogP contribution in [0.1, 0.15) is 32.8 Å². The van der Waals surface area contributed by atoms with Gasteiger partial charge in [0.05, 0.1) is 11.2 Å². The van der Waals surface area contributed by atoms with Gasteiger partial charge in [0.15, 0.2) is 0 Å². The number of rotatable bonds is 6. The largest absolute Gasteiger partial charge is 0.389 e. The Balaban J connectivity index is 2.98. The van der Waals surface area contributed by atoms with Crippen LogP contribution in [0.5, 0.6) is 0 Å². The normalized spacial score (nSPS) is 14.7. The Morgan fingerprint density at radius 3 is 2.62 bits per heavy atom. The van der Waals surface area contributed by atoms with E-state index in [2.05, 4.69) is 4.72 Å². The van der Waals surface area contributed by atoms with E-state index in [9.17, 15) is 13.5 Å². The van der Waals surface area contributed by atoms with Crippen molar-refractivity contribution in [3.8, 4) is 6.07 Å². The molecule has 5 nitrogen and oxygen atoms in total. The van der Waals surface area contributed by atoms with E-state index in [1.54, 1.807) is 6.92 Å². The molecule has 21 heavy (non-hydrogen) atoms. The molecule has 0 radical (unpaired) electrons. The van der Waals surface area contributed by atoms with Crippen molar-refractivity contribution in [2.24, 2.45) is 5.92 Å². The fourth-order valence-corrected chi connectivity index (χ4v) is 3.67. The minimum absolute atomic E-state index is 0.00963. The zero-order valence-corrected chi connectivity index (χ0v) is 13.8. The summed E-state index contributed by atoms with van der Waals surface area (Å²) in [6.07, 6.45) is 0.455. The number of aliphatic hydroxyl groups is 1. The second-order valence-corrected chi connectivity index (χ2v) is 7.84.